The van der Waals surface area contributed by atoms with Gasteiger partial charge in [0.1, 0.15) is 18.1 Å². The summed E-state index contributed by atoms with van der Waals surface area (Å²) in [6, 6.07) is 9.56. The maximum Gasteiger partial charge on any atom is 0.325 e. The lowest BCUT2D eigenvalue weighted by Crippen LogP contribution is -2.32. The molecule has 2 aromatic rings. The average Bonchev–Trinajstić information content (AvgIpc) is 2.67. The van der Waals surface area contributed by atoms with E-state index in [-0.39, 0.29) is 12.4 Å². The van der Waals surface area contributed by atoms with Crippen LogP contribution in [0.1, 0.15) is 17.3 Å². The van der Waals surface area contributed by atoms with Crippen LogP contribution in [-0.4, -0.2) is 42.5 Å². The molecule has 0 atom stereocenters. The van der Waals surface area contributed by atoms with E-state index in [1.807, 2.05) is 6.92 Å². The second-order valence-corrected chi connectivity index (χ2v) is 5.65. The first-order valence-corrected chi connectivity index (χ1v) is 8.44. The zero-order chi connectivity index (χ0) is 19.6. The van der Waals surface area contributed by atoms with Gasteiger partial charge >= 0.3 is 5.97 Å². The number of nitrogens with zero attached hydrogens (tertiary/aromatic N) is 1. The summed E-state index contributed by atoms with van der Waals surface area (Å²) in [7, 11) is 0. The van der Waals surface area contributed by atoms with Gasteiger partial charge in [-0.15, -0.1) is 0 Å². The van der Waals surface area contributed by atoms with Crippen LogP contribution >= 0.6 is 11.6 Å². The van der Waals surface area contributed by atoms with Gasteiger partial charge in [0, 0.05) is 11.8 Å². The summed E-state index contributed by atoms with van der Waals surface area (Å²) in [5, 5.41) is 5.30. The summed E-state index contributed by atoms with van der Waals surface area (Å²) in [6.45, 7) is 1.53. The first-order valence-electron chi connectivity index (χ1n) is 8.06. The Morgan fingerprint density at radius 3 is 2.48 bits per heavy atom. The SMILES string of the molecule is CCOc1ccc(C(=O)NCC(=O)OCC(=O)Nc2ccc(Cl)cn2)cc1. The molecular weight excluding hydrogens is 374 g/mol. The molecule has 0 saturated heterocycles. The van der Waals surface area contributed by atoms with Gasteiger partial charge < -0.3 is 20.1 Å². The third-order valence-electron chi connectivity index (χ3n) is 3.18. The molecule has 0 aliphatic carbocycles. The summed E-state index contributed by atoms with van der Waals surface area (Å²) in [4.78, 5) is 39.2. The van der Waals surface area contributed by atoms with Gasteiger partial charge in [-0.1, -0.05) is 11.6 Å². The highest BCUT2D eigenvalue weighted by atomic mass is 35.5. The topological polar surface area (TPSA) is 107 Å². The molecule has 142 valence electrons. The van der Waals surface area contributed by atoms with Gasteiger partial charge in [0.15, 0.2) is 6.61 Å². The number of benzene rings is 1. The predicted octanol–water partition coefficient (Wildman–Crippen LogP) is 2.05. The fourth-order valence-corrected chi connectivity index (χ4v) is 2.06. The van der Waals surface area contributed by atoms with E-state index in [4.69, 9.17) is 21.1 Å². The zero-order valence-corrected chi connectivity index (χ0v) is 15.3. The molecule has 8 nitrogen and oxygen atoms in total. The van der Waals surface area contributed by atoms with E-state index in [0.29, 0.717) is 22.9 Å². The molecule has 0 radical (unpaired) electrons. The normalized spacial score (nSPS) is 10.0. The van der Waals surface area contributed by atoms with Gasteiger partial charge in [-0.25, -0.2) is 4.98 Å². The van der Waals surface area contributed by atoms with Crippen molar-refractivity contribution in [1.82, 2.24) is 10.3 Å². The largest absolute Gasteiger partial charge is 0.494 e. The molecule has 9 heteroatoms. The smallest absolute Gasteiger partial charge is 0.325 e. The predicted molar refractivity (Wildman–Crippen MR) is 98.8 cm³/mol. The lowest BCUT2D eigenvalue weighted by Gasteiger charge is -2.08. The Hall–Kier alpha value is -3.13. The molecule has 0 fully saturated rings. The van der Waals surface area contributed by atoms with Gasteiger partial charge in [0.2, 0.25) is 0 Å². The second-order valence-electron chi connectivity index (χ2n) is 5.21. The first-order chi connectivity index (χ1) is 13.0. The van der Waals surface area contributed by atoms with Crippen LogP contribution in [0.15, 0.2) is 42.6 Å². The maximum atomic E-state index is 12.0. The van der Waals surface area contributed by atoms with Crippen molar-refractivity contribution in [2.24, 2.45) is 0 Å². The van der Waals surface area contributed by atoms with Crippen molar-refractivity contribution in [1.29, 1.82) is 0 Å². The Bertz CT molecular complexity index is 794. The first kappa shape index (κ1) is 20.2. The van der Waals surface area contributed by atoms with Gasteiger partial charge in [-0.05, 0) is 43.3 Å². The minimum atomic E-state index is -0.742. The van der Waals surface area contributed by atoms with E-state index in [1.54, 1.807) is 30.3 Å². The van der Waals surface area contributed by atoms with Crippen LogP contribution in [0.25, 0.3) is 0 Å². The lowest BCUT2D eigenvalue weighted by atomic mass is 10.2. The number of aromatic nitrogens is 1. The van der Waals surface area contributed by atoms with Crippen LogP contribution in [0.2, 0.25) is 5.02 Å². The third kappa shape index (κ3) is 6.95. The lowest BCUT2D eigenvalue weighted by molar-refractivity contribution is -0.146. The molecule has 0 aliphatic rings. The molecule has 1 aromatic heterocycles. The van der Waals surface area contributed by atoms with Crippen molar-refractivity contribution in [3.05, 3.63) is 53.2 Å². The van der Waals surface area contributed by atoms with Crippen LogP contribution in [0.5, 0.6) is 5.75 Å². The van der Waals surface area contributed by atoms with Crippen molar-refractivity contribution < 1.29 is 23.9 Å². The van der Waals surface area contributed by atoms with Crippen molar-refractivity contribution >= 4 is 35.2 Å². The molecule has 1 heterocycles. The molecule has 2 N–H and O–H groups in total. The van der Waals surface area contributed by atoms with Crippen molar-refractivity contribution in [3.63, 3.8) is 0 Å². The number of hydrogen-bond donors (Lipinski definition) is 2. The summed E-state index contributed by atoms with van der Waals surface area (Å²) < 4.78 is 10.1. The number of ether oxygens (including phenoxy) is 2. The molecular formula is C18H18ClN3O5. The molecule has 2 amide bonds. The summed E-state index contributed by atoms with van der Waals surface area (Å²) in [5.74, 6) is -0.812. The highest BCUT2D eigenvalue weighted by Gasteiger charge is 2.11. The molecule has 27 heavy (non-hydrogen) atoms. The highest BCUT2D eigenvalue weighted by Crippen LogP contribution is 2.12. The summed E-state index contributed by atoms with van der Waals surface area (Å²) >= 11 is 5.69. The Morgan fingerprint density at radius 1 is 1.11 bits per heavy atom. The number of carbonyl (C=O) groups excluding carboxylic acids is 3. The molecule has 0 spiro atoms. The summed E-state index contributed by atoms with van der Waals surface area (Å²) in [6.07, 6.45) is 1.37. The van der Waals surface area contributed by atoms with Crippen LogP contribution in [0.3, 0.4) is 0 Å². The number of hydrogen-bond acceptors (Lipinski definition) is 6. The van der Waals surface area contributed by atoms with Gasteiger partial charge in [-0.2, -0.15) is 0 Å². The van der Waals surface area contributed by atoms with Crippen molar-refractivity contribution in [2.75, 3.05) is 25.1 Å². The Labute approximate surface area is 160 Å². The maximum absolute atomic E-state index is 12.0. The number of halogens is 1. The Kier molecular flexibility index (Phi) is 7.57. The van der Waals surface area contributed by atoms with Crippen LogP contribution in [0.4, 0.5) is 5.82 Å². The number of carbonyl (C=O) groups is 3. The van der Waals surface area contributed by atoms with Crippen LogP contribution < -0.4 is 15.4 Å². The molecule has 0 unspecified atom stereocenters. The Balaban J connectivity index is 1.71. The standard InChI is InChI=1S/C18H18ClN3O5/c1-2-26-14-6-3-12(4-7-14)18(25)21-10-17(24)27-11-16(23)22-15-8-5-13(19)9-20-15/h3-9H,2,10-11H2,1H3,(H,21,25)(H,20,22,23). The van der Waals surface area contributed by atoms with E-state index < -0.39 is 24.4 Å². The van der Waals surface area contributed by atoms with Gasteiger partial charge in [0.05, 0.1) is 11.6 Å². The van der Waals surface area contributed by atoms with Crippen LogP contribution in [-0.2, 0) is 14.3 Å². The molecule has 0 bridgehead atoms. The molecule has 0 saturated carbocycles. The molecule has 2 rings (SSSR count). The van der Waals surface area contributed by atoms with Crippen molar-refractivity contribution in [3.8, 4) is 5.75 Å². The minimum Gasteiger partial charge on any atom is -0.494 e. The number of nitrogens with one attached hydrogen (secondary N) is 2. The highest BCUT2D eigenvalue weighted by molar-refractivity contribution is 6.30. The van der Waals surface area contributed by atoms with E-state index >= 15 is 0 Å². The van der Waals surface area contributed by atoms with Gasteiger partial charge in [0.25, 0.3) is 11.8 Å². The summed E-state index contributed by atoms with van der Waals surface area (Å²) in [5.41, 5.74) is 0.373. The van der Waals surface area contributed by atoms with Crippen molar-refractivity contribution in [2.45, 2.75) is 6.92 Å². The number of esters is 1. The van der Waals surface area contributed by atoms with E-state index in [2.05, 4.69) is 15.6 Å². The molecule has 1 aromatic carbocycles. The quantitative estimate of drug-likeness (QED) is 0.667. The molecule has 0 aliphatic heterocycles. The fourth-order valence-electron chi connectivity index (χ4n) is 1.95. The van der Waals surface area contributed by atoms with E-state index in [0.717, 1.165) is 0 Å². The van der Waals surface area contributed by atoms with Gasteiger partial charge in [-0.3, -0.25) is 14.4 Å². The monoisotopic (exact) mass is 391 g/mol. The van der Waals surface area contributed by atoms with E-state index in [9.17, 15) is 14.4 Å². The minimum absolute atomic E-state index is 0.282. The average molecular weight is 392 g/mol. The number of pyridine rings is 1. The second kappa shape index (κ2) is 10.1. The fraction of sp³-hybridized carbons (Fsp3) is 0.222. The third-order valence-corrected chi connectivity index (χ3v) is 3.40. The Morgan fingerprint density at radius 2 is 1.85 bits per heavy atom. The zero-order valence-electron chi connectivity index (χ0n) is 14.5. The van der Waals surface area contributed by atoms with E-state index in [1.165, 1.54) is 12.3 Å². The number of rotatable bonds is 8. The van der Waals surface area contributed by atoms with Crippen LogP contribution in [0, 0.1) is 0 Å². The number of anilines is 1. The number of amides is 2.